The van der Waals surface area contributed by atoms with E-state index >= 15 is 0 Å². The third-order valence-electron chi connectivity index (χ3n) is 2.15. The van der Waals surface area contributed by atoms with Crippen molar-refractivity contribution in [3.63, 3.8) is 0 Å². The Morgan fingerprint density at radius 3 is 2.73 bits per heavy atom. The van der Waals surface area contributed by atoms with E-state index in [9.17, 15) is 0 Å². The van der Waals surface area contributed by atoms with Crippen LogP contribution in [0.5, 0.6) is 5.75 Å². The van der Waals surface area contributed by atoms with Crippen LogP contribution in [0.2, 0.25) is 0 Å². The number of methoxy groups -OCH3 is 1. The van der Waals surface area contributed by atoms with Gasteiger partial charge in [-0.2, -0.15) is 0 Å². The van der Waals surface area contributed by atoms with E-state index < -0.39 is 0 Å². The minimum atomic E-state index is 0.486. The van der Waals surface area contributed by atoms with Crippen LogP contribution < -0.4 is 9.64 Å². The van der Waals surface area contributed by atoms with Crippen LogP contribution in [0.3, 0.4) is 0 Å². The van der Waals surface area contributed by atoms with Gasteiger partial charge < -0.3 is 9.64 Å². The molecule has 0 aliphatic heterocycles. The number of nitrogens with zero attached hydrogens (tertiary/aromatic N) is 1. The summed E-state index contributed by atoms with van der Waals surface area (Å²) in [6, 6.07) is 7.89. The van der Waals surface area contributed by atoms with E-state index in [4.69, 9.17) is 16.3 Å². The number of alkyl halides is 1. The lowest BCUT2D eigenvalue weighted by Crippen LogP contribution is -2.20. The lowest BCUT2D eigenvalue weighted by atomic mass is 10.2. The molecule has 1 aromatic carbocycles. The first-order chi connectivity index (χ1) is 7.19. The normalized spacial score (nSPS) is 9.80. The van der Waals surface area contributed by atoms with E-state index in [1.165, 1.54) is 0 Å². The van der Waals surface area contributed by atoms with E-state index in [1.807, 2.05) is 31.3 Å². The van der Waals surface area contributed by atoms with Crippen molar-refractivity contribution in [2.45, 2.75) is 0 Å². The zero-order valence-electron chi connectivity index (χ0n) is 9.16. The fraction of sp³-hybridized carbons (Fsp3) is 0.333. The van der Waals surface area contributed by atoms with Gasteiger partial charge in [0, 0.05) is 19.5 Å². The van der Waals surface area contributed by atoms with E-state index in [1.54, 1.807) is 7.11 Å². The molecule has 0 fully saturated rings. The number of hydrogen-bond acceptors (Lipinski definition) is 2. The quantitative estimate of drug-likeness (QED) is 0.565. The number of likely N-dealkylation sites (N-methyl/N-ethyl adjacent to an activating group) is 1. The average molecular weight is 226 g/mol. The summed E-state index contributed by atoms with van der Waals surface area (Å²) in [5.41, 5.74) is 2.04. The Labute approximate surface area is 96.1 Å². The molecule has 0 saturated heterocycles. The number of rotatable bonds is 5. The van der Waals surface area contributed by atoms with Crippen LogP contribution in [-0.4, -0.2) is 26.6 Å². The zero-order valence-corrected chi connectivity index (χ0v) is 9.92. The lowest BCUT2D eigenvalue weighted by molar-refractivity contribution is 0.415. The molecule has 0 saturated carbocycles. The second-order valence-corrected chi connectivity index (χ2v) is 3.68. The highest BCUT2D eigenvalue weighted by Gasteiger charge is 2.07. The highest BCUT2D eigenvalue weighted by Crippen LogP contribution is 2.26. The van der Waals surface area contributed by atoms with Gasteiger partial charge in [0.25, 0.3) is 0 Å². The molecule has 3 heteroatoms. The summed E-state index contributed by atoms with van der Waals surface area (Å²) < 4.78 is 5.28. The lowest BCUT2D eigenvalue weighted by Gasteiger charge is -2.22. The smallest absolute Gasteiger partial charge is 0.142 e. The largest absolute Gasteiger partial charge is 0.495 e. The molecule has 0 N–H and O–H groups in total. The molecular formula is C12H16ClNO. The van der Waals surface area contributed by atoms with E-state index in [0.29, 0.717) is 5.88 Å². The van der Waals surface area contributed by atoms with Gasteiger partial charge >= 0.3 is 0 Å². The molecule has 0 unspecified atom stereocenters. The minimum Gasteiger partial charge on any atom is -0.495 e. The van der Waals surface area contributed by atoms with Gasteiger partial charge in [0.15, 0.2) is 0 Å². The summed E-state index contributed by atoms with van der Waals surface area (Å²) >= 11 is 5.70. The van der Waals surface area contributed by atoms with Gasteiger partial charge in [0.05, 0.1) is 12.8 Å². The fourth-order valence-corrected chi connectivity index (χ4v) is 1.49. The van der Waals surface area contributed by atoms with Crippen molar-refractivity contribution >= 4 is 17.3 Å². The molecule has 0 heterocycles. The zero-order chi connectivity index (χ0) is 11.3. The third-order valence-corrected chi connectivity index (χ3v) is 2.52. The van der Waals surface area contributed by atoms with Crippen LogP contribution >= 0.6 is 11.6 Å². The molecule has 0 aliphatic rings. The van der Waals surface area contributed by atoms with Crippen molar-refractivity contribution in [1.29, 1.82) is 0 Å². The van der Waals surface area contributed by atoms with E-state index in [2.05, 4.69) is 11.5 Å². The predicted molar refractivity (Wildman–Crippen MR) is 66.1 cm³/mol. The van der Waals surface area contributed by atoms with Crippen LogP contribution in [0.4, 0.5) is 5.69 Å². The molecule has 0 bridgehead atoms. The molecule has 0 spiro atoms. The Kier molecular flexibility index (Phi) is 4.50. The Bertz CT molecular complexity index is 338. The summed E-state index contributed by atoms with van der Waals surface area (Å²) in [7, 11) is 3.67. The van der Waals surface area contributed by atoms with Gasteiger partial charge in [-0.1, -0.05) is 18.7 Å². The number of halogens is 1. The van der Waals surface area contributed by atoms with Gasteiger partial charge in [0.2, 0.25) is 0 Å². The van der Waals surface area contributed by atoms with Crippen LogP contribution in [0.25, 0.3) is 0 Å². The highest BCUT2D eigenvalue weighted by atomic mass is 35.5. The van der Waals surface area contributed by atoms with Gasteiger partial charge in [-0.3, -0.25) is 0 Å². The Morgan fingerprint density at radius 2 is 2.13 bits per heavy atom. The van der Waals surface area contributed by atoms with E-state index in [-0.39, 0.29) is 0 Å². The van der Waals surface area contributed by atoms with Gasteiger partial charge in [-0.05, 0) is 17.7 Å². The topological polar surface area (TPSA) is 12.5 Å². The molecule has 0 amide bonds. The van der Waals surface area contributed by atoms with Crippen molar-refractivity contribution in [3.05, 3.63) is 36.4 Å². The van der Waals surface area contributed by atoms with Gasteiger partial charge in [-0.15, -0.1) is 11.6 Å². The SMILES string of the molecule is C=C(CCl)CN(C)c1ccccc1OC. The standard InChI is InChI=1S/C12H16ClNO/c1-10(8-13)9-14(2)11-6-4-5-7-12(11)15-3/h4-7H,1,8-9H2,2-3H3. The molecule has 2 nitrogen and oxygen atoms in total. The first-order valence-corrected chi connectivity index (χ1v) is 5.29. The number of para-hydroxylation sites is 2. The van der Waals surface area contributed by atoms with Crippen LogP contribution in [0.15, 0.2) is 36.4 Å². The highest BCUT2D eigenvalue weighted by molar-refractivity contribution is 6.19. The minimum absolute atomic E-state index is 0.486. The number of hydrogen-bond donors (Lipinski definition) is 0. The Hall–Kier alpha value is -1.15. The molecule has 1 aromatic rings. The fourth-order valence-electron chi connectivity index (χ4n) is 1.41. The third kappa shape index (κ3) is 3.17. The molecule has 0 atom stereocenters. The summed E-state index contributed by atoms with van der Waals surface area (Å²) in [6.07, 6.45) is 0. The maximum Gasteiger partial charge on any atom is 0.142 e. The Balaban J connectivity index is 2.80. The summed E-state index contributed by atoms with van der Waals surface area (Å²) in [6.45, 7) is 4.62. The summed E-state index contributed by atoms with van der Waals surface area (Å²) in [5, 5.41) is 0. The van der Waals surface area contributed by atoms with Crippen molar-refractivity contribution in [3.8, 4) is 5.75 Å². The predicted octanol–water partition coefficient (Wildman–Crippen LogP) is 2.93. The molecule has 82 valence electrons. The maximum absolute atomic E-state index is 5.70. The Morgan fingerprint density at radius 1 is 1.47 bits per heavy atom. The van der Waals surface area contributed by atoms with Crippen LogP contribution in [0.1, 0.15) is 0 Å². The molecule has 0 aliphatic carbocycles. The van der Waals surface area contributed by atoms with Crippen molar-refractivity contribution in [2.75, 3.05) is 31.5 Å². The van der Waals surface area contributed by atoms with Gasteiger partial charge in [0.1, 0.15) is 5.75 Å². The van der Waals surface area contributed by atoms with Crippen molar-refractivity contribution in [1.82, 2.24) is 0 Å². The number of benzene rings is 1. The molecule has 1 rings (SSSR count). The summed E-state index contributed by atoms with van der Waals surface area (Å²) in [4.78, 5) is 2.07. The number of ether oxygens (including phenoxy) is 1. The molecule has 0 radical (unpaired) electrons. The summed E-state index contributed by atoms with van der Waals surface area (Å²) in [5.74, 6) is 1.35. The second kappa shape index (κ2) is 5.66. The van der Waals surface area contributed by atoms with Crippen LogP contribution in [-0.2, 0) is 0 Å². The first-order valence-electron chi connectivity index (χ1n) is 4.75. The molecule has 0 aromatic heterocycles. The monoisotopic (exact) mass is 225 g/mol. The van der Waals surface area contributed by atoms with Crippen LogP contribution in [0, 0.1) is 0 Å². The molecule has 15 heavy (non-hydrogen) atoms. The average Bonchev–Trinajstić information content (AvgIpc) is 2.28. The first kappa shape index (κ1) is 11.9. The molecular weight excluding hydrogens is 210 g/mol. The van der Waals surface area contributed by atoms with Crippen molar-refractivity contribution < 1.29 is 4.74 Å². The maximum atomic E-state index is 5.70. The number of anilines is 1. The van der Waals surface area contributed by atoms with E-state index in [0.717, 1.165) is 23.6 Å². The second-order valence-electron chi connectivity index (χ2n) is 3.41. The van der Waals surface area contributed by atoms with Crippen molar-refractivity contribution in [2.24, 2.45) is 0 Å². The van der Waals surface area contributed by atoms with Gasteiger partial charge in [-0.25, -0.2) is 0 Å².